The maximum absolute atomic E-state index is 6.14. The third-order valence-electron chi connectivity index (χ3n) is 4.97. The van der Waals surface area contributed by atoms with E-state index in [1.165, 1.54) is 37.1 Å². The Bertz CT molecular complexity index is 644. The van der Waals surface area contributed by atoms with Crippen LogP contribution < -0.4 is 4.74 Å². The van der Waals surface area contributed by atoms with Crippen LogP contribution in [0.1, 0.15) is 30.4 Å². The zero-order valence-corrected chi connectivity index (χ0v) is 14.2. The van der Waals surface area contributed by atoms with Crippen molar-refractivity contribution in [2.75, 3.05) is 26.3 Å². The normalized spacial score (nSPS) is 20.9. The van der Waals surface area contributed by atoms with Crippen molar-refractivity contribution in [2.24, 2.45) is 0 Å². The van der Waals surface area contributed by atoms with Gasteiger partial charge in [-0.1, -0.05) is 12.1 Å². The van der Waals surface area contributed by atoms with E-state index in [2.05, 4.69) is 52.2 Å². The van der Waals surface area contributed by atoms with Gasteiger partial charge >= 0.3 is 0 Å². The van der Waals surface area contributed by atoms with E-state index in [1.54, 1.807) is 0 Å². The van der Waals surface area contributed by atoms with Crippen LogP contribution in [0.5, 0.6) is 5.75 Å². The first-order valence-electron chi connectivity index (χ1n) is 9.06. The van der Waals surface area contributed by atoms with E-state index in [0.29, 0.717) is 6.61 Å². The fourth-order valence-electron chi connectivity index (χ4n) is 3.43. The van der Waals surface area contributed by atoms with Crippen LogP contribution in [0.15, 0.2) is 42.7 Å². The van der Waals surface area contributed by atoms with Gasteiger partial charge in [0.15, 0.2) is 0 Å². The molecule has 3 heterocycles. The number of ether oxygens (including phenoxy) is 2. The van der Waals surface area contributed by atoms with Gasteiger partial charge < -0.3 is 14.0 Å². The number of nitrogens with zero attached hydrogens (tertiary/aromatic N) is 2. The van der Waals surface area contributed by atoms with Crippen LogP contribution in [0.25, 0.3) is 0 Å². The van der Waals surface area contributed by atoms with Gasteiger partial charge in [-0.15, -0.1) is 0 Å². The number of hydrogen-bond acceptors (Lipinski definition) is 3. The summed E-state index contributed by atoms with van der Waals surface area (Å²) in [5.74, 6) is 1.01. The van der Waals surface area contributed by atoms with E-state index in [-0.39, 0.29) is 6.10 Å². The summed E-state index contributed by atoms with van der Waals surface area (Å²) in [5.41, 5.74) is 2.58. The molecule has 0 amide bonds. The minimum atomic E-state index is 0.270. The highest BCUT2D eigenvalue weighted by Gasteiger charge is 2.20. The Hall–Kier alpha value is -1.78. The fraction of sp³-hybridized carbons (Fsp3) is 0.500. The Balaban J connectivity index is 1.49. The van der Waals surface area contributed by atoms with Crippen molar-refractivity contribution >= 4 is 0 Å². The molecule has 0 spiro atoms. The summed E-state index contributed by atoms with van der Waals surface area (Å²) >= 11 is 0. The van der Waals surface area contributed by atoms with Crippen LogP contribution in [0, 0.1) is 0 Å². The first-order valence-corrected chi connectivity index (χ1v) is 9.06. The molecule has 0 bridgehead atoms. The van der Waals surface area contributed by atoms with E-state index in [1.807, 2.05) is 0 Å². The Labute approximate surface area is 144 Å². The zero-order chi connectivity index (χ0) is 16.2. The topological polar surface area (TPSA) is 26.6 Å². The van der Waals surface area contributed by atoms with E-state index in [9.17, 15) is 0 Å². The molecule has 1 aromatic heterocycles. The van der Waals surface area contributed by atoms with Crippen LogP contribution in [0.3, 0.4) is 0 Å². The van der Waals surface area contributed by atoms with Gasteiger partial charge in [-0.2, -0.15) is 0 Å². The van der Waals surface area contributed by atoms with E-state index < -0.39 is 0 Å². The van der Waals surface area contributed by atoms with Crippen LogP contribution in [0.4, 0.5) is 0 Å². The van der Waals surface area contributed by atoms with Gasteiger partial charge in [-0.3, -0.25) is 4.90 Å². The molecule has 0 radical (unpaired) electrons. The van der Waals surface area contributed by atoms with Gasteiger partial charge in [-0.05, 0) is 49.7 Å². The average molecular weight is 326 g/mol. The molecule has 2 saturated heterocycles. The lowest BCUT2D eigenvalue weighted by Gasteiger charge is -2.27. The van der Waals surface area contributed by atoms with Gasteiger partial charge in [0.1, 0.15) is 12.4 Å². The predicted molar refractivity (Wildman–Crippen MR) is 94.3 cm³/mol. The number of rotatable bonds is 7. The summed E-state index contributed by atoms with van der Waals surface area (Å²) in [6, 6.07) is 10.8. The van der Waals surface area contributed by atoms with Crippen LogP contribution >= 0.6 is 0 Å². The second-order valence-corrected chi connectivity index (χ2v) is 6.87. The number of benzene rings is 1. The summed E-state index contributed by atoms with van der Waals surface area (Å²) in [4.78, 5) is 2.53. The van der Waals surface area contributed by atoms with Gasteiger partial charge in [0.25, 0.3) is 0 Å². The lowest BCUT2D eigenvalue weighted by Crippen LogP contribution is -2.32. The molecular weight excluding hydrogens is 300 g/mol. The molecule has 1 atom stereocenters. The van der Waals surface area contributed by atoms with E-state index >= 15 is 0 Å². The fourth-order valence-corrected chi connectivity index (χ4v) is 3.43. The molecule has 0 aliphatic carbocycles. The number of hydrogen-bond donors (Lipinski definition) is 0. The quantitative estimate of drug-likeness (QED) is 0.781. The standard InChI is InChI=1S/C20H26N2O2/c1-2-9-21(8-1)14-17-5-6-18(15-22-10-3-4-11-22)20(13-17)24-16-19-7-12-23-19/h3-6,10-11,13,19H,1-2,7-9,12,14-16H2/t19-/m0/s1. The van der Waals surface area contributed by atoms with Crippen LogP contribution in [-0.2, 0) is 17.8 Å². The Kier molecular flexibility index (Phi) is 4.86. The summed E-state index contributed by atoms with van der Waals surface area (Å²) in [6.07, 6.45) is 8.22. The molecule has 4 heteroatoms. The lowest BCUT2D eigenvalue weighted by atomic mass is 10.1. The Morgan fingerprint density at radius 3 is 2.58 bits per heavy atom. The second-order valence-electron chi connectivity index (χ2n) is 6.87. The molecule has 4 nitrogen and oxygen atoms in total. The third-order valence-corrected chi connectivity index (χ3v) is 4.97. The first kappa shape index (κ1) is 15.7. The molecule has 0 unspecified atom stereocenters. The second kappa shape index (κ2) is 7.41. The molecular formula is C20H26N2O2. The van der Waals surface area contributed by atoms with Gasteiger partial charge in [0.05, 0.1) is 12.6 Å². The molecule has 4 rings (SSSR count). The SMILES string of the molecule is c1ccn(Cc2ccc(CN3CCCC3)cc2OC[C@@H]2CCO2)c1. The predicted octanol–water partition coefficient (Wildman–Crippen LogP) is 3.30. The lowest BCUT2D eigenvalue weighted by molar-refractivity contribution is -0.0722. The van der Waals surface area contributed by atoms with Crippen molar-refractivity contribution in [3.8, 4) is 5.75 Å². The van der Waals surface area contributed by atoms with Gasteiger partial charge in [0, 0.05) is 37.5 Å². The summed E-state index contributed by atoms with van der Waals surface area (Å²) < 4.78 is 13.8. The summed E-state index contributed by atoms with van der Waals surface area (Å²) in [7, 11) is 0. The molecule has 2 aliphatic rings. The molecule has 1 aromatic carbocycles. The van der Waals surface area contributed by atoms with Gasteiger partial charge in [0.2, 0.25) is 0 Å². The molecule has 128 valence electrons. The van der Waals surface area contributed by atoms with Crippen molar-refractivity contribution in [3.05, 3.63) is 53.9 Å². The first-order chi connectivity index (χ1) is 11.9. The van der Waals surface area contributed by atoms with Crippen molar-refractivity contribution in [3.63, 3.8) is 0 Å². The molecule has 2 aromatic rings. The van der Waals surface area contributed by atoms with Crippen molar-refractivity contribution in [1.29, 1.82) is 0 Å². The monoisotopic (exact) mass is 326 g/mol. The Morgan fingerprint density at radius 2 is 1.88 bits per heavy atom. The summed E-state index contributed by atoms with van der Waals surface area (Å²) in [5, 5.41) is 0. The highest BCUT2D eigenvalue weighted by atomic mass is 16.5. The molecule has 0 N–H and O–H groups in total. The maximum Gasteiger partial charge on any atom is 0.124 e. The van der Waals surface area contributed by atoms with Crippen LogP contribution in [-0.4, -0.2) is 41.9 Å². The van der Waals surface area contributed by atoms with Crippen molar-refractivity contribution in [2.45, 2.75) is 38.5 Å². The molecule has 0 saturated carbocycles. The summed E-state index contributed by atoms with van der Waals surface area (Å²) in [6.45, 7) is 5.84. The van der Waals surface area contributed by atoms with Crippen molar-refractivity contribution < 1.29 is 9.47 Å². The minimum absolute atomic E-state index is 0.270. The number of likely N-dealkylation sites (tertiary alicyclic amines) is 1. The highest BCUT2D eigenvalue weighted by Crippen LogP contribution is 2.25. The molecule has 24 heavy (non-hydrogen) atoms. The third kappa shape index (κ3) is 3.82. The smallest absolute Gasteiger partial charge is 0.124 e. The Morgan fingerprint density at radius 1 is 1.08 bits per heavy atom. The van der Waals surface area contributed by atoms with Gasteiger partial charge in [-0.25, -0.2) is 0 Å². The van der Waals surface area contributed by atoms with Crippen molar-refractivity contribution in [1.82, 2.24) is 9.47 Å². The largest absolute Gasteiger partial charge is 0.491 e. The van der Waals surface area contributed by atoms with E-state index in [4.69, 9.17) is 9.47 Å². The highest BCUT2D eigenvalue weighted by molar-refractivity contribution is 5.38. The minimum Gasteiger partial charge on any atom is -0.491 e. The molecule has 2 aliphatic heterocycles. The number of aromatic nitrogens is 1. The maximum atomic E-state index is 6.14. The van der Waals surface area contributed by atoms with Crippen LogP contribution in [0.2, 0.25) is 0 Å². The average Bonchev–Trinajstić information content (AvgIpc) is 3.22. The molecule has 2 fully saturated rings. The van der Waals surface area contributed by atoms with E-state index in [0.717, 1.165) is 31.9 Å². The zero-order valence-electron chi connectivity index (χ0n) is 14.2.